The third-order valence-corrected chi connectivity index (χ3v) is 4.74. The van der Waals surface area contributed by atoms with E-state index in [1.165, 1.54) is 4.88 Å². The smallest absolute Gasteiger partial charge is 0.225 e. The topological polar surface area (TPSA) is 58.1 Å². The molecule has 2 aromatic heterocycles. The van der Waals surface area contributed by atoms with Gasteiger partial charge in [-0.15, -0.1) is 11.3 Å². The number of amides is 1. The van der Waals surface area contributed by atoms with Crippen LogP contribution in [0.1, 0.15) is 24.1 Å². The predicted molar refractivity (Wildman–Crippen MR) is 88.0 cm³/mol. The molecule has 1 atom stereocenters. The molecule has 0 aromatic carbocycles. The molecule has 1 saturated heterocycles. The normalized spacial score (nSPS) is 18.2. The Hall–Kier alpha value is -1.95. The second kappa shape index (κ2) is 7.35. The summed E-state index contributed by atoms with van der Waals surface area (Å²) in [5.41, 5.74) is 0. The lowest BCUT2D eigenvalue weighted by Gasteiger charge is -2.33. The molecule has 1 aliphatic rings. The van der Waals surface area contributed by atoms with Gasteiger partial charge in [-0.3, -0.25) is 4.79 Å². The Labute approximate surface area is 134 Å². The SMILES string of the molecule is O=C(CCc1cccs1)NC1CCCN(c2ncccn2)C1. The summed E-state index contributed by atoms with van der Waals surface area (Å²) in [6, 6.07) is 6.11. The number of rotatable bonds is 5. The molecule has 0 radical (unpaired) electrons. The fourth-order valence-corrected chi connectivity index (χ4v) is 3.43. The molecule has 2 aromatic rings. The molecule has 0 aliphatic carbocycles. The molecular weight excluding hydrogens is 296 g/mol. The van der Waals surface area contributed by atoms with Crippen molar-refractivity contribution in [2.75, 3.05) is 18.0 Å². The monoisotopic (exact) mass is 316 g/mol. The number of carbonyl (C=O) groups excluding carboxylic acids is 1. The van der Waals surface area contributed by atoms with Gasteiger partial charge in [-0.25, -0.2) is 9.97 Å². The van der Waals surface area contributed by atoms with Gasteiger partial charge in [-0.05, 0) is 36.8 Å². The van der Waals surface area contributed by atoms with E-state index in [1.807, 2.05) is 17.5 Å². The molecule has 5 nitrogen and oxygen atoms in total. The Balaban J connectivity index is 1.48. The maximum absolute atomic E-state index is 12.1. The van der Waals surface area contributed by atoms with Crippen molar-refractivity contribution in [1.82, 2.24) is 15.3 Å². The van der Waals surface area contributed by atoms with E-state index in [4.69, 9.17) is 0 Å². The zero-order valence-corrected chi connectivity index (χ0v) is 13.3. The van der Waals surface area contributed by atoms with E-state index in [-0.39, 0.29) is 11.9 Å². The van der Waals surface area contributed by atoms with Gasteiger partial charge in [-0.2, -0.15) is 0 Å². The molecule has 1 unspecified atom stereocenters. The summed E-state index contributed by atoms with van der Waals surface area (Å²) in [4.78, 5) is 24.1. The van der Waals surface area contributed by atoms with Crippen LogP contribution < -0.4 is 10.2 Å². The number of piperidine rings is 1. The Kier molecular flexibility index (Phi) is 5.00. The predicted octanol–water partition coefficient (Wildman–Crippen LogP) is 2.26. The number of carbonyl (C=O) groups is 1. The van der Waals surface area contributed by atoms with Crippen molar-refractivity contribution < 1.29 is 4.79 Å². The minimum atomic E-state index is 0.134. The lowest BCUT2D eigenvalue weighted by atomic mass is 10.1. The number of nitrogens with one attached hydrogen (secondary N) is 1. The van der Waals surface area contributed by atoms with Gasteiger partial charge in [0.1, 0.15) is 0 Å². The van der Waals surface area contributed by atoms with Crippen LogP contribution in [0.25, 0.3) is 0 Å². The van der Waals surface area contributed by atoms with Crippen LogP contribution >= 0.6 is 11.3 Å². The first-order valence-corrected chi connectivity index (χ1v) is 8.53. The molecular formula is C16H20N4OS. The van der Waals surface area contributed by atoms with E-state index >= 15 is 0 Å². The number of hydrogen-bond donors (Lipinski definition) is 1. The third kappa shape index (κ3) is 4.04. The summed E-state index contributed by atoms with van der Waals surface area (Å²) in [6.07, 6.45) is 6.96. The van der Waals surface area contributed by atoms with Crippen molar-refractivity contribution in [2.45, 2.75) is 31.7 Å². The minimum Gasteiger partial charge on any atom is -0.352 e. The Morgan fingerprint density at radius 2 is 2.23 bits per heavy atom. The highest BCUT2D eigenvalue weighted by atomic mass is 32.1. The summed E-state index contributed by atoms with van der Waals surface area (Å²) in [6.45, 7) is 1.74. The minimum absolute atomic E-state index is 0.134. The van der Waals surface area contributed by atoms with Crippen LogP contribution in [0.3, 0.4) is 0 Å². The molecule has 1 amide bonds. The lowest BCUT2D eigenvalue weighted by molar-refractivity contribution is -0.121. The number of hydrogen-bond acceptors (Lipinski definition) is 5. The van der Waals surface area contributed by atoms with Gasteiger partial charge in [-0.1, -0.05) is 6.07 Å². The Bertz CT molecular complexity index is 587. The summed E-state index contributed by atoms with van der Waals surface area (Å²) >= 11 is 1.70. The van der Waals surface area contributed by atoms with E-state index in [1.54, 1.807) is 23.7 Å². The van der Waals surface area contributed by atoms with Crippen LogP contribution in [-0.2, 0) is 11.2 Å². The van der Waals surface area contributed by atoms with Crippen LogP contribution in [0.4, 0.5) is 5.95 Å². The van der Waals surface area contributed by atoms with Crippen molar-refractivity contribution in [2.24, 2.45) is 0 Å². The van der Waals surface area contributed by atoms with Gasteiger partial charge in [0.2, 0.25) is 11.9 Å². The van der Waals surface area contributed by atoms with E-state index in [0.29, 0.717) is 6.42 Å². The van der Waals surface area contributed by atoms with Crippen LogP contribution in [0.5, 0.6) is 0 Å². The number of thiophene rings is 1. The average molecular weight is 316 g/mol. The number of anilines is 1. The van der Waals surface area contributed by atoms with E-state index in [9.17, 15) is 4.79 Å². The van der Waals surface area contributed by atoms with Crippen molar-refractivity contribution >= 4 is 23.2 Å². The number of aryl methyl sites for hydroxylation is 1. The van der Waals surface area contributed by atoms with Crippen molar-refractivity contribution in [3.8, 4) is 0 Å². The lowest BCUT2D eigenvalue weighted by Crippen LogP contribution is -2.48. The maximum Gasteiger partial charge on any atom is 0.225 e. The molecule has 1 fully saturated rings. The molecule has 6 heteroatoms. The molecule has 0 saturated carbocycles. The van der Waals surface area contributed by atoms with Gasteiger partial charge in [0, 0.05) is 42.8 Å². The largest absolute Gasteiger partial charge is 0.352 e. The van der Waals surface area contributed by atoms with E-state index in [0.717, 1.165) is 38.3 Å². The molecule has 3 rings (SSSR count). The summed E-state index contributed by atoms with van der Waals surface area (Å²) < 4.78 is 0. The fraction of sp³-hybridized carbons (Fsp3) is 0.438. The average Bonchev–Trinajstić information content (AvgIpc) is 3.08. The second-order valence-corrected chi connectivity index (χ2v) is 6.51. The highest BCUT2D eigenvalue weighted by Crippen LogP contribution is 2.16. The molecule has 22 heavy (non-hydrogen) atoms. The second-order valence-electron chi connectivity index (χ2n) is 5.48. The standard InChI is InChI=1S/C16H20N4OS/c21-15(7-6-14-5-2-11-22-14)19-13-4-1-10-20(12-13)16-17-8-3-9-18-16/h2-3,5,8-9,11,13H,1,4,6-7,10,12H2,(H,19,21). The molecule has 0 spiro atoms. The molecule has 116 valence electrons. The highest BCUT2D eigenvalue weighted by molar-refractivity contribution is 7.09. The van der Waals surface area contributed by atoms with Crippen LogP contribution in [0.2, 0.25) is 0 Å². The third-order valence-electron chi connectivity index (χ3n) is 3.80. The summed E-state index contributed by atoms with van der Waals surface area (Å²) in [5, 5.41) is 5.20. The van der Waals surface area contributed by atoms with Crippen molar-refractivity contribution in [1.29, 1.82) is 0 Å². The first-order valence-electron chi connectivity index (χ1n) is 7.65. The molecule has 1 N–H and O–H groups in total. The van der Waals surface area contributed by atoms with Crippen LogP contribution in [0.15, 0.2) is 36.0 Å². The Morgan fingerprint density at radius 3 is 3.00 bits per heavy atom. The quantitative estimate of drug-likeness (QED) is 0.919. The fourth-order valence-electron chi connectivity index (χ4n) is 2.72. The summed E-state index contributed by atoms with van der Waals surface area (Å²) in [5.74, 6) is 0.884. The van der Waals surface area contributed by atoms with E-state index < -0.39 is 0 Å². The van der Waals surface area contributed by atoms with E-state index in [2.05, 4.69) is 26.3 Å². The summed E-state index contributed by atoms with van der Waals surface area (Å²) in [7, 11) is 0. The first kappa shape index (κ1) is 15.0. The number of nitrogens with zero attached hydrogens (tertiary/aromatic N) is 3. The van der Waals surface area contributed by atoms with Crippen LogP contribution in [0, 0.1) is 0 Å². The van der Waals surface area contributed by atoms with Crippen molar-refractivity contribution in [3.63, 3.8) is 0 Å². The van der Waals surface area contributed by atoms with Gasteiger partial charge >= 0.3 is 0 Å². The van der Waals surface area contributed by atoms with Crippen LogP contribution in [-0.4, -0.2) is 35.0 Å². The maximum atomic E-state index is 12.1. The zero-order valence-electron chi connectivity index (χ0n) is 12.4. The Morgan fingerprint density at radius 1 is 1.36 bits per heavy atom. The molecule has 3 heterocycles. The highest BCUT2D eigenvalue weighted by Gasteiger charge is 2.22. The zero-order chi connectivity index (χ0) is 15.2. The van der Waals surface area contributed by atoms with Gasteiger partial charge in [0.15, 0.2) is 0 Å². The van der Waals surface area contributed by atoms with Gasteiger partial charge < -0.3 is 10.2 Å². The number of aromatic nitrogens is 2. The molecule has 1 aliphatic heterocycles. The van der Waals surface area contributed by atoms with Gasteiger partial charge in [0.25, 0.3) is 0 Å². The van der Waals surface area contributed by atoms with Crippen molar-refractivity contribution in [3.05, 3.63) is 40.8 Å². The van der Waals surface area contributed by atoms with Gasteiger partial charge in [0.05, 0.1) is 0 Å². The first-order chi connectivity index (χ1) is 10.8. The molecule has 0 bridgehead atoms.